The second kappa shape index (κ2) is 10.1. The minimum absolute atomic E-state index is 0.0707. The lowest BCUT2D eigenvalue weighted by Crippen LogP contribution is -2.42. The number of hydrogen-bond donors (Lipinski definition) is 3. The molecule has 0 aliphatic rings. The fraction of sp³-hybridized carbons (Fsp3) is 0.471. The van der Waals surface area contributed by atoms with Gasteiger partial charge in [0.2, 0.25) is 11.8 Å². The molecule has 24 heavy (non-hydrogen) atoms. The second-order valence-electron chi connectivity index (χ2n) is 5.54. The summed E-state index contributed by atoms with van der Waals surface area (Å²) in [6, 6.07) is 6.86. The highest BCUT2D eigenvalue weighted by atomic mass is 32.2. The van der Waals surface area contributed by atoms with Gasteiger partial charge in [-0.05, 0) is 37.6 Å². The fourth-order valence-corrected chi connectivity index (χ4v) is 3.14. The summed E-state index contributed by atoms with van der Waals surface area (Å²) in [7, 11) is 0. The number of nitrogens with one attached hydrogen (secondary N) is 2. The molecule has 0 bridgehead atoms. The van der Waals surface area contributed by atoms with Crippen LogP contribution in [-0.4, -0.2) is 42.0 Å². The zero-order chi connectivity index (χ0) is 18.1. The zero-order valence-corrected chi connectivity index (χ0v) is 15.1. The number of amides is 2. The molecule has 7 heteroatoms. The zero-order valence-electron chi connectivity index (χ0n) is 14.3. The highest BCUT2D eigenvalue weighted by Gasteiger charge is 2.16. The lowest BCUT2D eigenvalue weighted by atomic mass is 10.0. The summed E-state index contributed by atoms with van der Waals surface area (Å²) in [6.45, 7) is 5.48. The summed E-state index contributed by atoms with van der Waals surface area (Å²) in [5, 5.41) is 5.70. The standard InChI is InChI=1S/C17H25N3O3S/c1-4-19-16(17(18)23)10-24-14-7-5-13(6-8-14)9-15(11(2)21)20-12(3)22/h5-8,15-16,19H,4,9-10H2,1-3H3,(H2,18,23)(H,20,22). The number of carbonyl (C=O) groups is 3. The molecule has 6 nitrogen and oxygen atoms in total. The number of ketones is 1. The van der Waals surface area contributed by atoms with E-state index >= 15 is 0 Å². The quantitative estimate of drug-likeness (QED) is 0.543. The van der Waals surface area contributed by atoms with Crippen LogP contribution in [0.5, 0.6) is 0 Å². The molecule has 0 fully saturated rings. The molecular formula is C17H25N3O3S. The third kappa shape index (κ3) is 7.14. The first-order valence-corrected chi connectivity index (χ1v) is 8.84. The molecule has 132 valence electrons. The Bertz CT molecular complexity index is 575. The Balaban J connectivity index is 2.63. The predicted octanol–water partition coefficient (Wildman–Crippen LogP) is 0.878. The largest absolute Gasteiger partial charge is 0.368 e. The maximum absolute atomic E-state index is 11.6. The average Bonchev–Trinajstić information content (AvgIpc) is 2.51. The van der Waals surface area contributed by atoms with Gasteiger partial charge in [0.05, 0.1) is 12.1 Å². The van der Waals surface area contributed by atoms with Crippen LogP contribution in [0.3, 0.4) is 0 Å². The number of hydrogen-bond acceptors (Lipinski definition) is 5. The van der Waals surface area contributed by atoms with Gasteiger partial charge in [-0.2, -0.15) is 0 Å². The molecule has 0 aliphatic carbocycles. The number of rotatable bonds is 10. The van der Waals surface area contributed by atoms with Crippen LogP contribution in [0, 0.1) is 0 Å². The Morgan fingerprint density at radius 2 is 1.75 bits per heavy atom. The molecule has 2 amide bonds. The van der Waals surface area contributed by atoms with E-state index in [-0.39, 0.29) is 23.6 Å². The molecule has 1 aromatic rings. The SMILES string of the molecule is CCNC(CSc1ccc(CC(NC(C)=O)C(C)=O)cc1)C(N)=O. The highest BCUT2D eigenvalue weighted by Crippen LogP contribution is 2.20. The number of benzene rings is 1. The van der Waals surface area contributed by atoms with Crippen LogP contribution < -0.4 is 16.4 Å². The number of carbonyl (C=O) groups excluding carboxylic acids is 3. The average molecular weight is 351 g/mol. The lowest BCUT2D eigenvalue weighted by Gasteiger charge is -2.15. The maximum atomic E-state index is 11.6. The van der Waals surface area contributed by atoms with Crippen molar-refractivity contribution in [3.63, 3.8) is 0 Å². The van der Waals surface area contributed by atoms with E-state index in [0.29, 0.717) is 18.7 Å². The van der Waals surface area contributed by atoms with Crippen molar-refractivity contribution in [2.24, 2.45) is 5.73 Å². The maximum Gasteiger partial charge on any atom is 0.235 e. The van der Waals surface area contributed by atoms with E-state index in [1.54, 1.807) is 11.8 Å². The summed E-state index contributed by atoms with van der Waals surface area (Å²) in [5.74, 6) is -0.0905. The van der Waals surface area contributed by atoms with Crippen LogP contribution in [0.2, 0.25) is 0 Å². The molecule has 0 saturated heterocycles. The van der Waals surface area contributed by atoms with Crippen molar-refractivity contribution < 1.29 is 14.4 Å². The third-order valence-electron chi connectivity index (χ3n) is 3.44. The Morgan fingerprint density at radius 3 is 2.21 bits per heavy atom. The number of primary amides is 1. The van der Waals surface area contributed by atoms with Crippen molar-refractivity contribution in [2.45, 2.75) is 44.2 Å². The molecule has 2 atom stereocenters. The first-order valence-electron chi connectivity index (χ1n) is 7.85. The molecule has 0 heterocycles. The first-order chi connectivity index (χ1) is 11.3. The molecule has 0 aliphatic heterocycles. The van der Waals surface area contributed by atoms with E-state index in [0.717, 1.165) is 10.5 Å². The van der Waals surface area contributed by atoms with Gasteiger partial charge in [0.15, 0.2) is 5.78 Å². The second-order valence-corrected chi connectivity index (χ2v) is 6.63. The number of Topliss-reactive ketones (excluding diaryl/α,β-unsaturated/α-hetero) is 1. The van der Waals surface area contributed by atoms with Gasteiger partial charge in [0, 0.05) is 17.6 Å². The van der Waals surface area contributed by atoms with Crippen LogP contribution in [0.25, 0.3) is 0 Å². The highest BCUT2D eigenvalue weighted by molar-refractivity contribution is 7.99. The minimum atomic E-state index is -0.506. The van der Waals surface area contributed by atoms with E-state index in [9.17, 15) is 14.4 Å². The first kappa shape index (κ1) is 20.2. The monoisotopic (exact) mass is 351 g/mol. The third-order valence-corrected chi connectivity index (χ3v) is 4.55. The van der Waals surface area contributed by atoms with Crippen LogP contribution >= 0.6 is 11.8 Å². The van der Waals surface area contributed by atoms with Crippen LogP contribution in [-0.2, 0) is 20.8 Å². The van der Waals surface area contributed by atoms with Crippen molar-refractivity contribution >= 4 is 29.4 Å². The normalized spacial score (nSPS) is 13.1. The molecule has 0 radical (unpaired) electrons. The molecular weight excluding hydrogens is 326 g/mol. The Labute approximate surface area is 146 Å². The van der Waals surface area contributed by atoms with Gasteiger partial charge in [-0.1, -0.05) is 19.1 Å². The number of nitrogens with two attached hydrogens (primary N) is 1. The van der Waals surface area contributed by atoms with E-state index in [1.165, 1.54) is 13.8 Å². The number of likely N-dealkylation sites (N-methyl/N-ethyl adjacent to an activating group) is 1. The minimum Gasteiger partial charge on any atom is -0.368 e. The van der Waals surface area contributed by atoms with Gasteiger partial charge in [-0.25, -0.2) is 0 Å². The molecule has 0 saturated carbocycles. The van der Waals surface area contributed by atoms with Gasteiger partial charge in [-0.3, -0.25) is 14.4 Å². The predicted molar refractivity (Wildman–Crippen MR) is 95.8 cm³/mol. The molecule has 4 N–H and O–H groups in total. The van der Waals surface area contributed by atoms with Crippen LogP contribution in [0.15, 0.2) is 29.2 Å². The van der Waals surface area contributed by atoms with Gasteiger partial charge >= 0.3 is 0 Å². The van der Waals surface area contributed by atoms with Crippen molar-refractivity contribution in [1.82, 2.24) is 10.6 Å². The summed E-state index contributed by atoms with van der Waals surface area (Å²) < 4.78 is 0. The topological polar surface area (TPSA) is 101 Å². The summed E-state index contributed by atoms with van der Waals surface area (Å²) in [5.41, 5.74) is 6.32. The lowest BCUT2D eigenvalue weighted by molar-refractivity contribution is -0.125. The molecule has 2 unspecified atom stereocenters. The fourth-order valence-electron chi connectivity index (χ4n) is 2.17. The Hall–Kier alpha value is -1.86. The molecule has 1 aromatic carbocycles. The van der Waals surface area contributed by atoms with E-state index in [1.807, 2.05) is 31.2 Å². The molecule has 1 rings (SSSR count). The molecule has 0 spiro atoms. The van der Waals surface area contributed by atoms with E-state index in [4.69, 9.17) is 5.73 Å². The summed E-state index contributed by atoms with van der Waals surface area (Å²) in [4.78, 5) is 35.1. The van der Waals surface area contributed by atoms with Gasteiger partial charge in [-0.15, -0.1) is 11.8 Å². The van der Waals surface area contributed by atoms with Gasteiger partial charge in [0.25, 0.3) is 0 Å². The van der Waals surface area contributed by atoms with E-state index < -0.39 is 6.04 Å². The van der Waals surface area contributed by atoms with Crippen molar-refractivity contribution in [1.29, 1.82) is 0 Å². The Kier molecular flexibility index (Phi) is 8.49. The van der Waals surface area contributed by atoms with Crippen LogP contribution in [0.1, 0.15) is 26.3 Å². The summed E-state index contributed by atoms with van der Waals surface area (Å²) in [6.07, 6.45) is 0.459. The summed E-state index contributed by atoms with van der Waals surface area (Å²) >= 11 is 1.54. The van der Waals surface area contributed by atoms with Gasteiger partial charge in [0.1, 0.15) is 0 Å². The van der Waals surface area contributed by atoms with Crippen molar-refractivity contribution in [3.8, 4) is 0 Å². The number of thioether (sulfide) groups is 1. The Morgan fingerprint density at radius 1 is 1.12 bits per heavy atom. The van der Waals surface area contributed by atoms with Crippen molar-refractivity contribution in [3.05, 3.63) is 29.8 Å². The van der Waals surface area contributed by atoms with Crippen LogP contribution in [0.4, 0.5) is 0 Å². The van der Waals surface area contributed by atoms with Crippen molar-refractivity contribution in [2.75, 3.05) is 12.3 Å². The smallest absolute Gasteiger partial charge is 0.235 e. The van der Waals surface area contributed by atoms with E-state index in [2.05, 4.69) is 10.6 Å². The molecule has 0 aromatic heterocycles. The van der Waals surface area contributed by atoms with Gasteiger partial charge < -0.3 is 16.4 Å².